The van der Waals surface area contributed by atoms with Crippen molar-refractivity contribution in [3.63, 3.8) is 0 Å². The minimum Gasteiger partial charge on any atom is -0.377 e. The largest absolute Gasteiger partial charge is 0.377 e. The van der Waals surface area contributed by atoms with Crippen molar-refractivity contribution < 1.29 is 12.8 Å². The molecule has 0 radical (unpaired) electrons. The maximum Gasteiger partial charge on any atom is 0.250 e. The first-order valence-electron chi connectivity index (χ1n) is 8.18. The monoisotopic (exact) mass is 424 g/mol. The topological polar surface area (TPSA) is 58.2 Å². The van der Waals surface area contributed by atoms with Crippen LogP contribution in [0.3, 0.4) is 0 Å². The Balaban J connectivity index is 1.82. The average Bonchev–Trinajstić information content (AvgIpc) is 3.08. The molecule has 1 heterocycles. The number of rotatable bonds is 7. The van der Waals surface area contributed by atoms with E-state index in [0.29, 0.717) is 4.34 Å². The molecule has 0 aliphatic rings. The number of hydrogen-bond donors (Lipinski definition) is 2. The third kappa shape index (κ3) is 5.07. The highest BCUT2D eigenvalue weighted by molar-refractivity contribution is 7.91. The maximum atomic E-state index is 13.4. The van der Waals surface area contributed by atoms with E-state index in [-0.39, 0.29) is 22.6 Å². The van der Waals surface area contributed by atoms with Crippen LogP contribution in [0.4, 0.5) is 10.1 Å². The zero-order valence-corrected chi connectivity index (χ0v) is 16.8. The molecule has 1 atom stereocenters. The lowest BCUT2D eigenvalue weighted by Gasteiger charge is -2.22. The Morgan fingerprint density at radius 1 is 1.11 bits per heavy atom. The third-order valence-corrected chi connectivity index (χ3v) is 7.16. The summed E-state index contributed by atoms with van der Waals surface area (Å²) in [6.45, 7) is 1.92. The number of aryl methyl sites for hydroxylation is 1. The van der Waals surface area contributed by atoms with E-state index in [1.807, 2.05) is 30.3 Å². The molecule has 0 saturated carbocycles. The summed E-state index contributed by atoms with van der Waals surface area (Å²) in [6, 6.07) is 16.6. The summed E-state index contributed by atoms with van der Waals surface area (Å²) in [4.78, 5) is 0. The molecule has 27 heavy (non-hydrogen) atoms. The Morgan fingerprint density at radius 3 is 2.48 bits per heavy atom. The van der Waals surface area contributed by atoms with Gasteiger partial charge in [0.1, 0.15) is 10.0 Å². The number of anilines is 1. The summed E-state index contributed by atoms with van der Waals surface area (Å²) in [5, 5.41) is 3.30. The van der Waals surface area contributed by atoms with Crippen LogP contribution in [0.15, 0.2) is 64.9 Å². The number of halogens is 2. The van der Waals surface area contributed by atoms with Gasteiger partial charge in [-0.2, -0.15) is 0 Å². The molecular formula is C19H18ClFN2O2S2. The molecule has 0 spiro atoms. The van der Waals surface area contributed by atoms with Crippen LogP contribution in [-0.4, -0.2) is 15.0 Å². The molecular weight excluding hydrogens is 407 g/mol. The van der Waals surface area contributed by atoms with Crippen LogP contribution < -0.4 is 10.0 Å². The molecule has 0 aliphatic carbocycles. The Kier molecular flexibility index (Phi) is 6.16. The molecule has 0 saturated heterocycles. The quantitative estimate of drug-likeness (QED) is 0.562. The van der Waals surface area contributed by atoms with E-state index in [0.717, 1.165) is 28.2 Å². The van der Waals surface area contributed by atoms with Gasteiger partial charge in [-0.1, -0.05) is 41.9 Å². The molecule has 2 aromatic carbocycles. The van der Waals surface area contributed by atoms with E-state index in [4.69, 9.17) is 11.6 Å². The average molecular weight is 425 g/mol. The fourth-order valence-corrected chi connectivity index (χ4v) is 5.20. The van der Waals surface area contributed by atoms with Crippen LogP contribution in [-0.2, 0) is 10.0 Å². The molecule has 3 rings (SSSR count). The van der Waals surface area contributed by atoms with Crippen molar-refractivity contribution in [3.8, 4) is 0 Å². The van der Waals surface area contributed by atoms with Gasteiger partial charge in [-0.05, 0) is 48.4 Å². The number of hydrogen-bond acceptors (Lipinski definition) is 4. The molecule has 4 nitrogen and oxygen atoms in total. The van der Waals surface area contributed by atoms with Gasteiger partial charge >= 0.3 is 0 Å². The Labute approximate surface area is 167 Å². The maximum absolute atomic E-state index is 13.4. The SMILES string of the molecule is Cc1cc(F)ccc1N[C@H](CNS(=O)(=O)c1ccc(Cl)s1)c1ccccc1. The molecule has 0 aliphatic heterocycles. The second-order valence-electron chi connectivity index (χ2n) is 5.98. The summed E-state index contributed by atoms with van der Waals surface area (Å²) in [5.74, 6) is -0.315. The van der Waals surface area contributed by atoms with Crippen molar-refractivity contribution in [2.24, 2.45) is 0 Å². The normalized spacial score (nSPS) is 12.7. The van der Waals surface area contributed by atoms with E-state index in [9.17, 15) is 12.8 Å². The van der Waals surface area contributed by atoms with Crippen molar-refractivity contribution >= 4 is 38.6 Å². The minimum absolute atomic E-state index is 0.124. The summed E-state index contributed by atoms with van der Waals surface area (Å²) in [6.07, 6.45) is 0. The summed E-state index contributed by atoms with van der Waals surface area (Å²) in [5.41, 5.74) is 2.39. The lowest BCUT2D eigenvalue weighted by atomic mass is 10.1. The van der Waals surface area contributed by atoms with Crippen LogP contribution >= 0.6 is 22.9 Å². The third-order valence-electron chi connectivity index (χ3n) is 4.01. The van der Waals surface area contributed by atoms with Gasteiger partial charge in [0.25, 0.3) is 0 Å². The molecule has 2 N–H and O–H groups in total. The Morgan fingerprint density at radius 2 is 1.85 bits per heavy atom. The summed E-state index contributed by atoms with van der Waals surface area (Å²) < 4.78 is 41.6. The Bertz CT molecular complexity index is 1020. The highest BCUT2D eigenvalue weighted by Crippen LogP contribution is 2.27. The van der Waals surface area contributed by atoms with Crippen molar-refractivity contribution in [1.29, 1.82) is 0 Å². The Hall–Kier alpha value is -1.93. The lowest BCUT2D eigenvalue weighted by Crippen LogP contribution is -2.31. The molecule has 0 bridgehead atoms. The van der Waals surface area contributed by atoms with Crippen molar-refractivity contribution in [2.75, 3.05) is 11.9 Å². The first kappa shape index (κ1) is 19.8. The van der Waals surface area contributed by atoms with E-state index >= 15 is 0 Å². The van der Waals surface area contributed by atoms with Gasteiger partial charge in [0.05, 0.1) is 10.4 Å². The minimum atomic E-state index is -3.67. The number of nitrogens with one attached hydrogen (secondary N) is 2. The van der Waals surface area contributed by atoms with Crippen LogP contribution in [0.25, 0.3) is 0 Å². The zero-order valence-electron chi connectivity index (χ0n) is 14.4. The van der Waals surface area contributed by atoms with Crippen LogP contribution in [0, 0.1) is 12.7 Å². The predicted molar refractivity (Wildman–Crippen MR) is 108 cm³/mol. The first-order valence-corrected chi connectivity index (χ1v) is 10.9. The zero-order chi connectivity index (χ0) is 19.4. The fraction of sp³-hybridized carbons (Fsp3) is 0.158. The van der Waals surface area contributed by atoms with Gasteiger partial charge in [0.15, 0.2) is 0 Å². The number of benzene rings is 2. The van der Waals surface area contributed by atoms with Gasteiger partial charge in [-0.15, -0.1) is 11.3 Å². The summed E-state index contributed by atoms with van der Waals surface area (Å²) in [7, 11) is -3.67. The first-order chi connectivity index (χ1) is 12.8. The predicted octanol–water partition coefficient (Wildman–Crippen LogP) is 4.98. The second kappa shape index (κ2) is 8.39. The summed E-state index contributed by atoms with van der Waals surface area (Å²) >= 11 is 6.85. The van der Waals surface area contributed by atoms with E-state index in [1.165, 1.54) is 18.2 Å². The van der Waals surface area contributed by atoms with Crippen LogP contribution in [0.2, 0.25) is 4.34 Å². The van der Waals surface area contributed by atoms with E-state index in [1.54, 1.807) is 19.1 Å². The number of thiophene rings is 1. The van der Waals surface area contributed by atoms with Gasteiger partial charge < -0.3 is 5.32 Å². The molecule has 0 fully saturated rings. The standard InChI is InChI=1S/C19H18ClFN2O2S2/c1-13-11-15(21)7-8-16(13)23-17(14-5-3-2-4-6-14)12-22-27(24,25)19-10-9-18(20)26-19/h2-11,17,22-23H,12H2,1H3/t17-/m1/s1. The molecule has 8 heteroatoms. The van der Waals surface area contributed by atoms with Gasteiger partial charge in [-0.3, -0.25) is 0 Å². The second-order valence-corrected chi connectivity index (χ2v) is 9.69. The molecule has 3 aromatic rings. The highest BCUT2D eigenvalue weighted by atomic mass is 35.5. The van der Waals surface area contributed by atoms with E-state index < -0.39 is 10.0 Å². The van der Waals surface area contributed by atoms with Gasteiger partial charge in [-0.25, -0.2) is 17.5 Å². The molecule has 142 valence electrons. The molecule has 0 amide bonds. The molecule has 0 unspecified atom stereocenters. The highest BCUT2D eigenvalue weighted by Gasteiger charge is 2.20. The van der Waals surface area contributed by atoms with Crippen molar-refractivity contribution in [3.05, 3.63) is 81.9 Å². The van der Waals surface area contributed by atoms with Crippen LogP contribution in [0.5, 0.6) is 0 Å². The smallest absolute Gasteiger partial charge is 0.250 e. The number of sulfonamides is 1. The molecule has 1 aromatic heterocycles. The lowest BCUT2D eigenvalue weighted by molar-refractivity contribution is 0.578. The fourth-order valence-electron chi connectivity index (χ4n) is 2.62. The van der Waals surface area contributed by atoms with E-state index in [2.05, 4.69) is 10.0 Å². The van der Waals surface area contributed by atoms with Gasteiger partial charge in [0, 0.05) is 12.2 Å². The van der Waals surface area contributed by atoms with Crippen LogP contribution in [0.1, 0.15) is 17.2 Å². The van der Waals surface area contributed by atoms with Gasteiger partial charge in [0.2, 0.25) is 10.0 Å². The van der Waals surface area contributed by atoms with Crippen molar-refractivity contribution in [2.45, 2.75) is 17.2 Å². The van der Waals surface area contributed by atoms with Crippen molar-refractivity contribution in [1.82, 2.24) is 4.72 Å².